The van der Waals surface area contributed by atoms with Gasteiger partial charge in [0.15, 0.2) is 0 Å². The van der Waals surface area contributed by atoms with Crippen LogP contribution in [0.15, 0.2) is 0 Å². The summed E-state index contributed by atoms with van der Waals surface area (Å²) in [6, 6.07) is 0.629. The Bertz CT molecular complexity index is 195. The molecule has 1 atom stereocenters. The second-order valence-corrected chi connectivity index (χ2v) is 5.72. The fourth-order valence-corrected chi connectivity index (χ4v) is 2.76. The maximum Gasteiger partial charge on any atom is 0.0626 e. The molecule has 0 saturated heterocycles. The fraction of sp³-hybridized carbons (Fsp3) is 1.00. The Balaban J connectivity index is 1.65. The summed E-state index contributed by atoms with van der Waals surface area (Å²) in [5.74, 6) is 1.83. The van der Waals surface area contributed by atoms with Gasteiger partial charge in [-0.05, 0) is 56.9 Å². The number of nitrogens with one attached hydrogen (secondary N) is 1. The summed E-state index contributed by atoms with van der Waals surface area (Å²) in [6.45, 7) is 6.57. The van der Waals surface area contributed by atoms with Crippen LogP contribution in [0.2, 0.25) is 0 Å². The van der Waals surface area contributed by atoms with E-state index in [0.717, 1.165) is 25.0 Å². The Morgan fingerprint density at radius 1 is 1.12 bits per heavy atom. The molecule has 2 fully saturated rings. The van der Waals surface area contributed by atoms with Crippen LogP contribution in [-0.2, 0) is 4.74 Å². The van der Waals surface area contributed by atoms with E-state index in [1.54, 1.807) is 0 Å². The van der Waals surface area contributed by atoms with E-state index in [2.05, 4.69) is 19.2 Å². The van der Waals surface area contributed by atoms with Gasteiger partial charge in [0.25, 0.3) is 0 Å². The number of hydrogen-bond acceptors (Lipinski definition) is 2. The first-order chi connectivity index (χ1) is 7.79. The molecule has 0 aliphatic heterocycles. The van der Waals surface area contributed by atoms with Gasteiger partial charge in [0.05, 0.1) is 12.7 Å². The molecule has 0 bridgehead atoms. The molecule has 0 aromatic rings. The molecular weight excluding hydrogens is 198 g/mol. The van der Waals surface area contributed by atoms with Crippen LogP contribution in [0, 0.1) is 11.8 Å². The van der Waals surface area contributed by atoms with E-state index in [4.69, 9.17) is 4.74 Å². The third-order valence-electron chi connectivity index (χ3n) is 4.13. The molecule has 0 radical (unpaired) electrons. The predicted molar refractivity (Wildman–Crippen MR) is 67.6 cm³/mol. The zero-order valence-electron chi connectivity index (χ0n) is 10.9. The molecule has 0 amide bonds. The molecule has 1 unspecified atom stereocenters. The minimum atomic E-state index is 0.552. The van der Waals surface area contributed by atoms with Crippen molar-refractivity contribution in [3.8, 4) is 0 Å². The highest BCUT2D eigenvalue weighted by atomic mass is 16.5. The van der Waals surface area contributed by atoms with Crippen molar-refractivity contribution >= 4 is 0 Å². The lowest BCUT2D eigenvalue weighted by atomic mass is 9.89. The maximum atomic E-state index is 6.08. The summed E-state index contributed by atoms with van der Waals surface area (Å²) in [6.07, 6.45) is 8.65. The van der Waals surface area contributed by atoms with Crippen LogP contribution < -0.4 is 5.32 Å². The Morgan fingerprint density at radius 3 is 2.38 bits per heavy atom. The minimum Gasteiger partial charge on any atom is -0.377 e. The van der Waals surface area contributed by atoms with Crippen LogP contribution in [0.3, 0.4) is 0 Å². The van der Waals surface area contributed by atoms with Gasteiger partial charge in [-0.2, -0.15) is 0 Å². The molecule has 2 rings (SSSR count). The Kier molecular flexibility index (Phi) is 4.66. The van der Waals surface area contributed by atoms with E-state index in [1.165, 1.54) is 38.5 Å². The number of ether oxygens (including phenoxy) is 1. The lowest BCUT2D eigenvalue weighted by Gasteiger charge is -2.28. The highest BCUT2D eigenvalue weighted by molar-refractivity contribution is 4.86. The predicted octanol–water partition coefficient (Wildman–Crippen LogP) is 2.97. The molecular formula is C14H27NO. The Morgan fingerprint density at radius 2 is 1.81 bits per heavy atom. The molecule has 1 N–H and O–H groups in total. The van der Waals surface area contributed by atoms with E-state index < -0.39 is 0 Å². The standard InChI is InChI=1S/C14H27NO/c1-3-15-14(12-6-7-12)10-16-13-8-4-11(2)5-9-13/h11-15H,3-10H2,1-2H3. The van der Waals surface area contributed by atoms with Crippen LogP contribution >= 0.6 is 0 Å². The zero-order chi connectivity index (χ0) is 11.4. The molecule has 0 aromatic carbocycles. The molecule has 0 heterocycles. The lowest BCUT2D eigenvalue weighted by molar-refractivity contribution is 0.00559. The summed E-state index contributed by atoms with van der Waals surface area (Å²) >= 11 is 0. The van der Waals surface area contributed by atoms with Gasteiger partial charge < -0.3 is 10.1 Å². The number of rotatable bonds is 6. The third-order valence-corrected chi connectivity index (χ3v) is 4.13. The van der Waals surface area contributed by atoms with Gasteiger partial charge in [-0.15, -0.1) is 0 Å². The molecule has 2 heteroatoms. The molecule has 0 spiro atoms. The minimum absolute atomic E-state index is 0.552. The highest BCUT2D eigenvalue weighted by Gasteiger charge is 2.31. The summed E-state index contributed by atoms with van der Waals surface area (Å²) in [5, 5.41) is 3.57. The summed E-state index contributed by atoms with van der Waals surface area (Å²) in [5.41, 5.74) is 0. The molecule has 16 heavy (non-hydrogen) atoms. The quantitative estimate of drug-likeness (QED) is 0.750. The van der Waals surface area contributed by atoms with Gasteiger partial charge in [0.1, 0.15) is 0 Å². The SMILES string of the molecule is CCNC(COC1CCC(C)CC1)C1CC1. The highest BCUT2D eigenvalue weighted by Crippen LogP contribution is 2.33. The van der Waals surface area contributed by atoms with Crippen LogP contribution in [0.4, 0.5) is 0 Å². The first-order valence-corrected chi connectivity index (χ1v) is 7.14. The van der Waals surface area contributed by atoms with Crippen LogP contribution in [0.25, 0.3) is 0 Å². The lowest BCUT2D eigenvalue weighted by Crippen LogP contribution is -2.37. The van der Waals surface area contributed by atoms with Gasteiger partial charge >= 0.3 is 0 Å². The molecule has 0 aromatic heterocycles. The second kappa shape index (κ2) is 6.02. The van der Waals surface area contributed by atoms with Crippen molar-refractivity contribution in [2.24, 2.45) is 11.8 Å². The Hall–Kier alpha value is -0.0800. The summed E-state index contributed by atoms with van der Waals surface area (Å²) in [4.78, 5) is 0. The van der Waals surface area contributed by atoms with Crippen molar-refractivity contribution in [1.82, 2.24) is 5.32 Å². The van der Waals surface area contributed by atoms with Crippen molar-refractivity contribution < 1.29 is 4.74 Å². The first-order valence-electron chi connectivity index (χ1n) is 7.14. The monoisotopic (exact) mass is 225 g/mol. The molecule has 94 valence electrons. The van der Waals surface area contributed by atoms with E-state index in [1.807, 2.05) is 0 Å². The number of hydrogen-bond donors (Lipinski definition) is 1. The summed E-state index contributed by atoms with van der Waals surface area (Å²) in [7, 11) is 0. The van der Waals surface area contributed by atoms with Crippen LogP contribution in [0.1, 0.15) is 52.4 Å². The average Bonchev–Trinajstić information content (AvgIpc) is 3.10. The van der Waals surface area contributed by atoms with Gasteiger partial charge in [0, 0.05) is 6.04 Å². The second-order valence-electron chi connectivity index (χ2n) is 5.72. The van der Waals surface area contributed by atoms with Gasteiger partial charge in [0.2, 0.25) is 0 Å². The number of likely N-dealkylation sites (N-methyl/N-ethyl adjacent to an activating group) is 1. The molecule has 2 nitrogen and oxygen atoms in total. The average molecular weight is 225 g/mol. The van der Waals surface area contributed by atoms with Crippen molar-refractivity contribution in [3.63, 3.8) is 0 Å². The smallest absolute Gasteiger partial charge is 0.0626 e. The van der Waals surface area contributed by atoms with E-state index in [9.17, 15) is 0 Å². The van der Waals surface area contributed by atoms with Crippen molar-refractivity contribution in [2.75, 3.05) is 13.2 Å². The first kappa shape index (κ1) is 12.4. The van der Waals surface area contributed by atoms with E-state index in [0.29, 0.717) is 12.1 Å². The van der Waals surface area contributed by atoms with Crippen molar-refractivity contribution in [3.05, 3.63) is 0 Å². The van der Waals surface area contributed by atoms with Crippen LogP contribution in [-0.4, -0.2) is 25.3 Å². The molecule has 2 saturated carbocycles. The van der Waals surface area contributed by atoms with Gasteiger partial charge in [-0.3, -0.25) is 0 Å². The summed E-state index contributed by atoms with van der Waals surface area (Å²) < 4.78 is 6.08. The zero-order valence-corrected chi connectivity index (χ0v) is 10.9. The van der Waals surface area contributed by atoms with Gasteiger partial charge in [-0.1, -0.05) is 13.8 Å². The topological polar surface area (TPSA) is 21.3 Å². The third kappa shape index (κ3) is 3.74. The van der Waals surface area contributed by atoms with Crippen LogP contribution in [0.5, 0.6) is 0 Å². The van der Waals surface area contributed by atoms with E-state index >= 15 is 0 Å². The van der Waals surface area contributed by atoms with Gasteiger partial charge in [-0.25, -0.2) is 0 Å². The fourth-order valence-electron chi connectivity index (χ4n) is 2.76. The normalized spacial score (nSPS) is 32.6. The molecule has 2 aliphatic rings. The largest absolute Gasteiger partial charge is 0.377 e. The maximum absolute atomic E-state index is 6.08. The Labute approximate surface area is 100 Å². The molecule has 2 aliphatic carbocycles. The van der Waals surface area contributed by atoms with E-state index in [-0.39, 0.29) is 0 Å². The van der Waals surface area contributed by atoms with Crippen molar-refractivity contribution in [2.45, 2.75) is 64.5 Å². The van der Waals surface area contributed by atoms with Crippen molar-refractivity contribution in [1.29, 1.82) is 0 Å².